The lowest BCUT2D eigenvalue weighted by Crippen LogP contribution is -2.05. The first-order valence-corrected chi connectivity index (χ1v) is 8.38. The fraction of sp³-hybridized carbons (Fsp3) is 0.176. The van der Waals surface area contributed by atoms with Gasteiger partial charge in [0.25, 0.3) is 0 Å². The van der Waals surface area contributed by atoms with E-state index in [0.29, 0.717) is 45.8 Å². The summed E-state index contributed by atoms with van der Waals surface area (Å²) in [5, 5.41) is 20.9. The fourth-order valence-electron chi connectivity index (χ4n) is 2.84. The number of ether oxygens (including phenoxy) is 1. The fourth-order valence-corrected chi connectivity index (χ4v) is 2.84. The highest BCUT2D eigenvalue weighted by Gasteiger charge is 2.23. The van der Waals surface area contributed by atoms with Gasteiger partial charge in [0.1, 0.15) is 35.5 Å². The number of rotatable bonds is 5. The molecule has 0 saturated heterocycles. The summed E-state index contributed by atoms with van der Waals surface area (Å²) >= 11 is 0. The first kappa shape index (κ1) is 16.2. The van der Waals surface area contributed by atoms with Gasteiger partial charge in [-0.05, 0) is 19.1 Å². The second kappa shape index (κ2) is 6.30. The summed E-state index contributed by atoms with van der Waals surface area (Å²) in [6, 6.07) is 5.38. The predicted molar refractivity (Wildman–Crippen MR) is 94.1 cm³/mol. The Morgan fingerprint density at radius 1 is 1.29 bits per heavy atom. The minimum atomic E-state index is 0.188. The zero-order valence-electron chi connectivity index (χ0n) is 15.0. The summed E-state index contributed by atoms with van der Waals surface area (Å²) in [6.07, 6.45) is 4.65. The van der Waals surface area contributed by atoms with Crippen molar-refractivity contribution in [3.63, 3.8) is 0 Å². The largest absolute Gasteiger partial charge is 0.468 e. The first-order chi connectivity index (χ1) is 13.7. The van der Waals surface area contributed by atoms with Gasteiger partial charge in [-0.25, -0.2) is 9.50 Å². The summed E-state index contributed by atoms with van der Waals surface area (Å²) < 4.78 is 19.9. The third-order valence-corrected chi connectivity index (χ3v) is 4.19. The van der Waals surface area contributed by atoms with Crippen molar-refractivity contribution in [2.45, 2.75) is 13.5 Å². The molecule has 5 heterocycles. The van der Waals surface area contributed by atoms with Gasteiger partial charge in [-0.3, -0.25) is 4.68 Å². The molecule has 0 fully saturated rings. The summed E-state index contributed by atoms with van der Waals surface area (Å²) in [6.45, 7) is 1.99. The van der Waals surface area contributed by atoms with Crippen molar-refractivity contribution < 1.29 is 13.7 Å². The van der Waals surface area contributed by atoms with Crippen molar-refractivity contribution in [3.05, 3.63) is 48.6 Å². The molecule has 0 atom stereocenters. The maximum atomic E-state index is 5.95. The van der Waals surface area contributed by atoms with E-state index in [0.717, 1.165) is 0 Å². The van der Waals surface area contributed by atoms with Crippen LogP contribution in [-0.4, -0.2) is 39.7 Å². The monoisotopic (exact) mass is 378 g/mol. The molecule has 0 aliphatic heterocycles. The van der Waals surface area contributed by atoms with Crippen molar-refractivity contribution >= 4 is 5.52 Å². The Morgan fingerprint density at radius 3 is 2.93 bits per heavy atom. The van der Waals surface area contributed by atoms with Gasteiger partial charge >= 0.3 is 0 Å². The van der Waals surface area contributed by atoms with E-state index in [1.54, 1.807) is 47.8 Å². The van der Waals surface area contributed by atoms with Crippen LogP contribution in [0, 0.1) is 6.92 Å². The van der Waals surface area contributed by atoms with Gasteiger partial charge in [0.15, 0.2) is 11.5 Å². The number of aromatic nitrogens is 8. The number of hydrogen-bond acceptors (Lipinski definition) is 9. The van der Waals surface area contributed by atoms with E-state index in [9.17, 15) is 0 Å². The Bertz CT molecular complexity index is 1250. The van der Waals surface area contributed by atoms with Crippen LogP contribution in [0.5, 0.6) is 5.88 Å². The van der Waals surface area contributed by atoms with Crippen LogP contribution in [-0.2, 0) is 13.7 Å². The number of furan rings is 1. The number of hydrogen-bond donors (Lipinski definition) is 0. The Balaban J connectivity index is 1.66. The smallest absolute Gasteiger partial charge is 0.245 e. The third kappa shape index (κ3) is 2.60. The van der Waals surface area contributed by atoms with E-state index in [-0.39, 0.29) is 6.61 Å². The van der Waals surface area contributed by atoms with E-state index >= 15 is 0 Å². The third-order valence-electron chi connectivity index (χ3n) is 4.19. The lowest BCUT2D eigenvalue weighted by Gasteiger charge is -2.03. The zero-order chi connectivity index (χ0) is 19.1. The lowest BCUT2D eigenvalue weighted by molar-refractivity contribution is 0.278. The summed E-state index contributed by atoms with van der Waals surface area (Å²) in [4.78, 5) is 4.17. The van der Waals surface area contributed by atoms with Crippen LogP contribution in [0.2, 0.25) is 0 Å². The molecule has 0 bridgehead atoms. The lowest BCUT2D eigenvalue weighted by atomic mass is 10.2. The van der Waals surface area contributed by atoms with Crippen molar-refractivity contribution in [2.24, 2.45) is 7.05 Å². The molecule has 0 radical (unpaired) electrons. The number of nitrogens with zero attached hydrogens (tertiary/aromatic N) is 8. The Morgan fingerprint density at radius 2 is 2.21 bits per heavy atom. The van der Waals surface area contributed by atoms with E-state index in [1.165, 1.54) is 6.33 Å². The van der Waals surface area contributed by atoms with Crippen LogP contribution in [0.15, 0.2) is 45.9 Å². The minimum Gasteiger partial charge on any atom is -0.468 e. The van der Waals surface area contributed by atoms with Gasteiger partial charge in [0.05, 0.1) is 12.5 Å². The molecule has 0 unspecified atom stereocenters. The summed E-state index contributed by atoms with van der Waals surface area (Å²) in [5.74, 6) is 2.69. The number of fused-ring (bicyclic) bond motifs is 1. The van der Waals surface area contributed by atoms with Crippen molar-refractivity contribution in [1.82, 2.24) is 39.7 Å². The zero-order valence-corrected chi connectivity index (χ0v) is 15.0. The molecular formula is C17H14N8O3. The van der Waals surface area contributed by atoms with Gasteiger partial charge in [0, 0.05) is 13.1 Å². The molecule has 0 aromatic carbocycles. The molecule has 0 amide bonds. The molecule has 5 aromatic rings. The van der Waals surface area contributed by atoms with Gasteiger partial charge in [-0.2, -0.15) is 10.2 Å². The number of aryl methyl sites for hydroxylation is 2. The summed E-state index contributed by atoms with van der Waals surface area (Å²) in [5.41, 5.74) is 1.83. The van der Waals surface area contributed by atoms with Gasteiger partial charge in [-0.15, -0.1) is 10.2 Å². The van der Waals surface area contributed by atoms with Gasteiger partial charge in [0.2, 0.25) is 11.7 Å². The molecular weight excluding hydrogens is 364 g/mol. The molecule has 5 aromatic heterocycles. The molecule has 0 N–H and O–H groups in total. The highest BCUT2D eigenvalue weighted by atomic mass is 16.5. The maximum absolute atomic E-state index is 5.95. The molecule has 11 heteroatoms. The molecule has 0 aliphatic rings. The molecule has 140 valence electrons. The highest BCUT2D eigenvalue weighted by molar-refractivity contribution is 5.82. The molecule has 0 saturated carbocycles. The Hall–Kier alpha value is -4.02. The van der Waals surface area contributed by atoms with Crippen molar-refractivity contribution in [3.8, 4) is 28.7 Å². The second-order valence-corrected chi connectivity index (χ2v) is 6.03. The van der Waals surface area contributed by atoms with Gasteiger partial charge < -0.3 is 13.7 Å². The van der Waals surface area contributed by atoms with Crippen LogP contribution in [0.1, 0.15) is 11.6 Å². The topological polar surface area (TPSA) is 122 Å². The van der Waals surface area contributed by atoms with Crippen LogP contribution in [0.25, 0.3) is 28.4 Å². The second-order valence-electron chi connectivity index (χ2n) is 6.03. The molecule has 5 rings (SSSR count). The van der Waals surface area contributed by atoms with Gasteiger partial charge in [-0.1, -0.05) is 5.16 Å². The van der Waals surface area contributed by atoms with E-state index in [4.69, 9.17) is 13.7 Å². The standard InChI is InChI=1S/C17H14N8O3/c1-10-6-11(23-28-10)16-21-19-7-12-15(13-4-3-5-26-13)17(22-25(12)16)27-8-14-18-9-20-24(14)2/h3-7,9H,8H2,1-2H3. The normalized spacial score (nSPS) is 11.4. The maximum Gasteiger partial charge on any atom is 0.245 e. The molecule has 11 nitrogen and oxygen atoms in total. The Kier molecular flexibility index (Phi) is 3.64. The van der Waals surface area contributed by atoms with Crippen LogP contribution in [0.3, 0.4) is 0 Å². The molecule has 0 aliphatic carbocycles. The van der Waals surface area contributed by atoms with Crippen LogP contribution in [0.4, 0.5) is 0 Å². The van der Waals surface area contributed by atoms with Crippen molar-refractivity contribution in [2.75, 3.05) is 0 Å². The first-order valence-electron chi connectivity index (χ1n) is 8.38. The predicted octanol–water partition coefficient (Wildman–Crippen LogP) is 2.06. The average molecular weight is 378 g/mol. The minimum absolute atomic E-state index is 0.188. The quantitative estimate of drug-likeness (QED) is 0.452. The summed E-state index contributed by atoms with van der Waals surface area (Å²) in [7, 11) is 1.79. The van der Waals surface area contributed by atoms with E-state index in [2.05, 4.69) is 30.5 Å². The van der Waals surface area contributed by atoms with Crippen LogP contribution >= 0.6 is 0 Å². The van der Waals surface area contributed by atoms with E-state index in [1.807, 2.05) is 6.07 Å². The molecule has 28 heavy (non-hydrogen) atoms. The SMILES string of the molecule is Cc1cc(-c2nncc3c(-c4ccco4)c(OCc4ncnn4C)nn23)no1. The Labute approximate surface area is 157 Å². The average Bonchev–Trinajstić information content (AvgIpc) is 3.46. The van der Waals surface area contributed by atoms with E-state index < -0.39 is 0 Å². The van der Waals surface area contributed by atoms with Crippen molar-refractivity contribution in [1.29, 1.82) is 0 Å². The van der Waals surface area contributed by atoms with Crippen LogP contribution < -0.4 is 4.74 Å². The molecule has 0 spiro atoms. The highest BCUT2D eigenvalue weighted by Crippen LogP contribution is 2.35.